The number of nitrogens with one attached hydrogen (secondary N) is 2. The number of rotatable bonds is 9. The van der Waals surface area contributed by atoms with Gasteiger partial charge in [0.15, 0.2) is 11.5 Å². The van der Waals surface area contributed by atoms with E-state index in [2.05, 4.69) is 31.8 Å². The van der Waals surface area contributed by atoms with Crippen LogP contribution in [0.3, 0.4) is 0 Å². The smallest absolute Gasteiger partial charge is 0.336 e. The van der Waals surface area contributed by atoms with Crippen LogP contribution in [-0.2, 0) is 4.79 Å². The van der Waals surface area contributed by atoms with E-state index in [1.54, 1.807) is 97.1 Å². The molecule has 4 aromatic carbocycles. The Morgan fingerprint density at radius 2 is 1.56 bits per heavy atom. The first-order valence-corrected chi connectivity index (χ1v) is 13.3. The van der Waals surface area contributed by atoms with Gasteiger partial charge in [-0.2, -0.15) is 5.10 Å². The maximum atomic E-state index is 12.6. The van der Waals surface area contributed by atoms with E-state index in [1.165, 1.54) is 19.4 Å². The van der Waals surface area contributed by atoms with E-state index >= 15 is 0 Å². The predicted octanol–water partition coefficient (Wildman–Crippen LogP) is 6.75. The van der Waals surface area contributed by atoms with Crippen molar-refractivity contribution in [1.82, 2.24) is 5.43 Å². The molecule has 0 bridgehead atoms. The molecule has 0 saturated heterocycles. The number of carbonyl (C=O) groups excluding carboxylic acids is 3. The van der Waals surface area contributed by atoms with E-state index < -0.39 is 11.9 Å². The van der Waals surface area contributed by atoms with Gasteiger partial charge in [-0.15, -0.1) is 0 Å². The monoisotopic (exact) mass is 631 g/mol. The lowest BCUT2D eigenvalue weighted by Gasteiger charge is -2.09. The molecule has 0 fully saturated rings. The molecule has 2 amide bonds. The molecule has 0 radical (unpaired) electrons. The van der Waals surface area contributed by atoms with Crippen molar-refractivity contribution in [2.24, 2.45) is 5.10 Å². The maximum Gasteiger partial charge on any atom is 0.336 e. The fraction of sp³-hybridized carbons (Fsp3) is 0.0323. The first-order chi connectivity index (χ1) is 19.8. The van der Waals surface area contributed by atoms with Crippen LogP contribution in [0.2, 0.25) is 5.02 Å². The molecular weight excluding hydrogens is 610 g/mol. The van der Waals surface area contributed by atoms with Gasteiger partial charge in [0.1, 0.15) is 0 Å². The van der Waals surface area contributed by atoms with E-state index in [1.807, 2.05) is 0 Å². The molecule has 2 N–H and O–H groups in total. The number of hydrogen-bond acceptors (Lipinski definition) is 6. The molecule has 0 unspecified atom stereocenters. The Labute approximate surface area is 249 Å². The van der Waals surface area contributed by atoms with Crippen molar-refractivity contribution in [3.8, 4) is 11.5 Å². The van der Waals surface area contributed by atoms with Gasteiger partial charge >= 0.3 is 5.97 Å². The minimum Gasteiger partial charge on any atom is -0.493 e. The summed E-state index contributed by atoms with van der Waals surface area (Å²) >= 11 is 9.21. The number of carbonyl (C=O) groups is 3. The number of halogens is 2. The highest BCUT2D eigenvalue weighted by Crippen LogP contribution is 2.28. The van der Waals surface area contributed by atoms with E-state index in [9.17, 15) is 14.4 Å². The number of benzene rings is 4. The number of hydrazone groups is 1. The highest BCUT2D eigenvalue weighted by atomic mass is 79.9. The zero-order valence-electron chi connectivity index (χ0n) is 21.6. The molecule has 4 aromatic rings. The van der Waals surface area contributed by atoms with Gasteiger partial charge in [0.05, 0.1) is 13.3 Å². The SMILES string of the molecule is COc1cc(C=NNC(=O)c2cccc(NC(=O)c3ccc(Br)cc3)c2)ccc1OC(=O)/C=C/c1ccc(Cl)cc1. The summed E-state index contributed by atoms with van der Waals surface area (Å²) in [4.78, 5) is 37.4. The molecule has 8 nitrogen and oxygen atoms in total. The maximum absolute atomic E-state index is 12.6. The zero-order valence-corrected chi connectivity index (χ0v) is 24.0. The molecule has 0 saturated carbocycles. The van der Waals surface area contributed by atoms with Gasteiger partial charge in [0.2, 0.25) is 0 Å². The fourth-order valence-corrected chi connectivity index (χ4v) is 3.89. The molecule has 0 aliphatic rings. The van der Waals surface area contributed by atoms with E-state index in [0.717, 1.165) is 10.0 Å². The summed E-state index contributed by atoms with van der Waals surface area (Å²) in [6.07, 6.45) is 4.33. The average Bonchev–Trinajstić information content (AvgIpc) is 2.98. The second kappa shape index (κ2) is 14.1. The van der Waals surface area contributed by atoms with Crippen molar-refractivity contribution in [3.63, 3.8) is 0 Å². The second-order valence-electron chi connectivity index (χ2n) is 8.46. The van der Waals surface area contributed by atoms with E-state index in [-0.39, 0.29) is 11.7 Å². The van der Waals surface area contributed by atoms with Gasteiger partial charge in [-0.05, 0) is 90.0 Å². The topological polar surface area (TPSA) is 106 Å². The van der Waals surface area contributed by atoms with Crippen LogP contribution in [0.25, 0.3) is 6.08 Å². The number of methoxy groups -OCH3 is 1. The quantitative estimate of drug-likeness (QED) is 0.0699. The Kier molecular flexibility index (Phi) is 10.0. The van der Waals surface area contributed by atoms with Crippen molar-refractivity contribution in [3.05, 3.63) is 129 Å². The Morgan fingerprint density at radius 1 is 0.829 bits per heavy atom. The highest BCUT2D eigenvalue weighted by molar-refractivity contribution is 9.10. The normalized spacial score (nSPS) is 10.9. The highest BCUT2D eigenvalue weighted by Gasteiger charge is 2.11. The van der Waals surface area contributed by atoms with Crippen molar-refractivity contribution in [1.29, 1.82) is 0 Å². The Bertz CT molecular complexity index is 1620. The minimum absolute atomic E-state index is 0.224. The largest absolute Gasteiger partial charge is 0.493 e. The first kappa shape index (κ1) is 29.3. The number of anilines is 1. The molecule has 0 aliphatic heterocycles. The number of ether oxygens (including phenoxy) is 2. The number of nitrogens with zero attached hydrogens (tertiary/aromatic N) is 1. The van der Waals surface area contributed by atoms with Gasteiger partial charge < -0.3 is 14.8 Å². The third kappa shape index (κ3) is 8.63. The lowest BCUT2D eigenvalue weighted by atomic mass is 10.1. The molecule has 4 rings (SSSR count). The van der Waals surface area contributed by atoms with Crippen LogP contribution in [0.4, 0.5) is 5.69 Å². The Hall–Kier alpha value is -4.73. The summed E-state index contributed by atoms with van der Waals surface area (Å²) in [5.74, 6) is -0.814. The van der Waals surface area contributed by atoms with Gasteiger partial charge in [-0.1, -0.05) is 45.7 Å². The molecule has 0 aromatic heterocycles. The molecule has 41 heavy (non-hydrogen) atoms. The van der Waals surface area contributed by atoms with Crippen molar-refractivity contribution in [2.45, 2.75) is 0 Å². The van der Waals surface area contributed by atoms with E-state index in [4.69, 9.17) is 21.1 Å². The molecule has 0 heterocycles. The number of esters is 1. The fourth-order valence-electron chi connectivity index (χ4n) is 3.50. The van der Waals surface area contributed by atoms with Gasteiger partial charge in [0, 0.05) is 32.4 Å². The predicted molar refractivity (Wildman–Crippen MR) is 163 cm³/mol. The van der Waals surface area contributed by atoms with Crippen LogP contribution in [0.1, 0.15) is 31.8 Å². The van der Waals surface area contributed by atoms with Gasteiger partial charge in [-0.3, -0.25) is 9.59 Å². The standard InChI is InChI=1S/C31H23BrClN3O5/c1-40-28-17-21(7-15-27(28)41-29(37)16-8-20-5-13-25(33)14-6-20)19-34-36-31(39)23-3-2-4-26(18-23)35-30(38)22-9-11-24(32)12-10-22/h2-19H,1H3,(H,35,38)(H,36,39)/b16-8+,34-19?. The van der Waals surface area contributed by atoms with Crippen molar-refractivity contribution >= 4 is 63.3 Å². The van der Waals surface area contributed by atoms with Crippen molar-refractivity contribution < 1.29 is 23.9 Å². The average molecular weight is 633 g/mol. The lowest BCUT2D eigenvalue weighted by molar-refractivity contribution is -0.129. The molecule has 0 atom stereocenters. The van der Waals surface area contributed by atoms with Crippen LogP contribution in [-0.4, -0.2) is 31.1 Å². The summed E-state index contributed by atoms with van der Waals surface area (Å²) < 4.78 is 11.6. The van der Waals surface area contributed by atoms with Crippen molar-refractivity contribution in [2.75, 3.05) is 12.4 Å². The molecule has 0 spiro atoms. The van der Waals surface area contributed by atoms with Crippen LogP contribution >= 0.6 is 27.5 Å². The van der Waals surface area contributed by atoms with Crippen LogP contribution in [0.15, 0.2) is 107 Å². The molecular formula is C31H23BrClN3O5. The lowest BCUT2D eigenvalue weighted by Crippen LogP contribution is -2.18. The van der Waals surface area contributed by atoms with Gasteiger partial charge in [0.25, 0.3) is 11.8 Å². The number of amides is 2. The van der Waals surface area contributed by atoms with Crippen LogP contribution < -0.4 is 20.2 Å². The zero-order chi connectivity index (χ0) is 29.2. The number of hydrogen-bond donors (Lipinski definition) is 2. The summed E-state index contributed by atoms with van der Waals surface area (Å²) in [7, 11) is 1.45. The Morgan fingerprint density at radius 3 is 2.29 bits per heavy atom. The Balaban J connectivity index is 1.34. The molecule has 206 valence electrons. The van der Waals surface area contributed by atoms with E-state index in [0.29, 0.717) is 33.1 Å². The summed E-state index contributed by atoms with van der Waals surface area (Å²) in [5.41, 5.74) is 5.10. The third-order valence-corrected chi connectivity index (χ3v) is 6.33. The first-order valence-electron chi connectivity index (χ1n) is 12.1. The minimum atomic E-state index is -0.581. The molecule has 0 aliphatic carbocycles. The van der Waals surface area contributed by atoms with Crippen LogP contribution in [0.5, 0.6) is 11.5 Å². The van der Waals surface area contributed by atoms with Gasteiger partial charge in [-0.25, -0.2) is 10.2 Å². The molecule has 10 heteroatoms. The summed E-state index contributed by atoms with van der Waals surface area (Å²) in [6, 6.07) is 25.3. The second-order valence-corrected chi connectivity index (χ2v) is 9.81. The third-order valence-electron chi connectivity index (χ3n) is 5.55. The summed E-state index contributed by atoms with van der Waals surface area (Å²) in [6.45, 7) is 0. The van der Waals surface area contributed by atoms with Crippen LogP contribution in [0, 0.1) is 0 Å². The summed E-state index contributed by atoms with van der Waals surface area (Å²) in [5, 5.41) is 7.37.